The Kier molecular flexibility index (Phi) is 1890. The van der Waals surface area contributed by atoms with Crippen LogP contribution in [0, 0.1) is 0 Å². The van der Waals surface area contributed by atoms with E-state index >= 15 is 0 Å². The van der Waals surface area contributed by atoms with Crippen LogP contribution in [0.2, 0.25) is 0 Å². The Bertz CT molecular complexity index is 244. The van der Waals surface area contributed by atoms with Crippen molar-refractivity contribution in [2.24, 2.45) is 0 Å². The topological polar surface area (TPSA) is 20.2 Å². The van der Waals surface area contributed by atoms with Gasteiger partial charge in [0.05, 0.1) is 0 Å². The molecule has 0 aliphatic carbocycles. The van der Waals surface area contributed by atoms with Gasteiger partial charge in [0, 0.05) is 6.61 Å². The highest BCUT2D eigenvalue weighted by Crippen LogP contribution is 2.12. The van der Waals surface area contributed by atoms with Gasteiger partial charge in [0.25, 0.3) is 0 Å². The van der Waals surface area contributed by atoms with E-state index in [2.05, 4.69) is 231 Å². The summed E-state index contributed by atoms with van der Waals surface area (Å²) in [6.45, 7) is 105. The fourth-order valence-electron chi connectivity index (χ4n) is 2.31. The molecule has 0 bridgehead atoms. The standard InChI is InChI=1S/C16H34O.17C2H4/c1-2-3-4-5-6-7-8-9-10-11-12-13-14-15-16-17;17*1-2/h17H,2-16H2,1H3;17*1-2H2. The monoisotopic (exact) mass is 719 g/mol. The summed E-state index contributed by atoms with van der Waals surface area (Å²) in [5.41, 5.74) is 0. The molecule has 0 radical (unpaired) electrons. The van der Waals surface area contributed by atoms with Crippen LogP contribution in [-0.4, -0.2) is 11.7 Å². The smallest absolute Gasteiger partial charge is 0.0431 e. The lowest BCUT2D eigenvalue weighted by Crippen LogP contribution is -1.84. The molecular weight excluding hydrogens is 617 g/mol. The first-order valence-electron chi connectivity index (χ1n) is 16.5. The third-order valence-corrected chi connectivity index (χ3v) is 3.51. The Morgan fingerprint density at radius 3 is 0.392 bits per heavy atom. The minimum absolute atomic E-state index is 0.373. The average Bonchev–Trinajstić information content (AvgIpc) is 3.31. The Morgan fingerprint density at radius 1 is 0.196 bits per heavy atom. The van der Waals surface area contributed by atoms with Crippen LogP contribution in [-0.2, 0) is 0 Å². The number of aliphatic hydroxyl groups excluding tert-OH is 1. The van der Waals surface area contributed by atoms with Crippen LogP contribution in [0.15, 0.2) is 224 Å². The molecule has 0 heterocycles. The van der Waals surface area contributed by atoms with Gasteiger partial charge in [-0.05, 0) is 6.42 Å². The van der Waals surface area contributed by atoms with Gasteiger partial charge in [-0.3, -0.25) is 0 Å². The van der Waals surface area contributed by atoms with Gasteiger partial charge in [-0.2, -0.15) is 0 Å². The van der Waals surface area contributed by atoms with Gasteiger partial charge in [0.15, 0.2) is 0 Å². The molecule has 0 unspecified atom stereocenters. The number of hydrogen-bond donors (Lipinski definition) is 1. The summed E-state index contributed by atoms with van der Waals surface area (Å²) in [7, 11) is 0. The lowest BCUT2D eigenvalue weighted by molar-refractivity contribution is 0.282. The number of unbranched alkanes of at least 4 members (excludes halogenated alkanes) is 13. The highest BCUT2D eigenvalue weighted by atomic mass is 16.2. The van der Waals surface area contributed by atoms with E-state index in [4.69, 9.17) is 5.11 Å². The zero-order chi connectivity index (χ0) is 46.6. The molecule has 0 spiro atoms. The molecule has 0 amide bonds. The lowest BCUT2D eigenvalue weighted by Gasteiger charge is -2.02. The molecular formula is C50H102O. The summed E-state index contributed by atoms with van der Waals surface area (Å²) in [6.07, 6.45) is 19.2. The van der Waals surface area contributed by atoms with E-state index in [1.807, 2.05) is 0 Å². The van der Waals surface area contributed by atoms with Crippen molar-refractivity contribution in [1.82, 2.24) is 0 Å². The van der Waals surface area contributed by atoms with Crippen molar-refractivity contribution >= 4 is 0 Å². The zero-order valence-electron chi connectivity index (χ0n) is 36.1. The third kappa shape index (κ3) is 949. The van der Waals surface area contributed by atoms with Crippen molar-refractivity contribution in [2.75, 3.05) is 6.61 Å². The van der Waals surface area contributed by atoms with E-state index in [9.17, 15) is 0 Å². The Morgan fingerprint density at radius 2 is 0.294 bits per heavy atom. The maximum atomic E-state index is 8.64. The van der Waals surface area contributed by atoms with Crippen LogP contribution < -0.4 is 0 Å². The summed E-state index contributed by atoms with van der Waals surface area (Å²) in [5.74, 6) is 0. The maximum Gasteiger partial charge on any atom is 0.0431 e. The van der Waals surface area contributed by atoms with Gasteiger partial charge in [-0.25, -0.2) is 0 Å². The molecule has 0 aliphatic rings. The third-order valence-electron chi connectivity index (χ3n) is 3.51. The number of rotatable bonds is 14. The normalized spacial score (nSPS) is 4.98. The first-order chi connectivity index (χ1) is 25.4. The van der Waals surface area contributed by atoms with Crippen LogP contribution >= 0.6 is 0 Å². The fourth-order valence-corrected chi connectivity index (χ4v) is 2.31. The second-order valence-corrected chi connectivity index (χ2v) is 5.32. The molecule has 0 fully saturated rings. The Labute approximate surface area is 331 Å². The van der Waals surface area contributed by atoms with Crippen LogP contribution in [0.3, 0.4) is 0 Å². The van der Waals surface area contributed by atoms with Gasteiger partial charge in [0.2, 0.25) is 0 Å². The fraction of sp³-hybridized carbons (Fsp3) is 0.320. The minimum Gasteiger partial charge on any atom is -0.396 e. The highest BCUT2D eigenvalue weighted by molar-refractivity contribution is 4.49. The average molecular weight is 719 g/mol. The van der Waals surface area contributed by atoms with Crippen molar-refractivity contribution in [2.45, 2.75) is 96.8 Å². The van der Waals surface area contributed by atoms with Crippen LogP contribution in [0.4, 0.5) is 0 Å². The summed E-state index contributed by atoms with van der Waals surface area (Å²) < 4.78 is 0. The quantitative estimate of drug-likeness (QED) is 0.140. The van der Waals surface area contributed by atoms with E-state index < -0.39 is 0 Å². The molecule has 0 saturated heterocycles. The predicted octanol–water partition coefficient (Wildman–Crippen LogP) is 19.1. The summed E-state index contributed by atoms with van der Waals surface area (Å²) in [5, 5.41) is 8.64. The summed E-state index contributed by atoms with van der Waals surface area (Å²) in [4.78, 5) is 0. The van der Waals surface area contributed by atoms with Gasteiger partial charge < -0.3 is 5.11 Å². The van der Waals surface area contributed by atoms with Crippen LogP contribution in [0.5, 0.6) is 0 Å². The molecule has 1 heteroatoms. The molecule has 1 N–H and O–H groups in total. The second-order valence-electron chi connectivity index (χ2n) is 5.32. The number of aliphatic hydroxyl groups is 1. The molecule has 0 atom stereocenters. The predicted molar refractivity (Wildman–Crippen MR) is 269 cm³/mol. The zero-order valence-corrected chi connectivity index (χ0v) is 36.1. The minimum atomic E-state index is 0.373. The summed E-state index contributed by atoms with van der Waals surface area (Å²) >= 11 is 0. The summed E-state index contributed by atoms with van der Waals surface area (Å²) in [6, 6.07) is 0. The van der Waals surface area contributed by atoms with E-state index in [1.54, 1.807) is 0 Å². The molecule has 0 aromatic rings. The molecule has 0 aromatic heterocycles. The van der Waals surface area contributed by atoms with Crippen molar-refractivity contribution in [3.63, 3.8) is 0 Å². The largest absolute Gasteiger partial charge is 0.396 e. The Balaban J connectivity index is -0.0000000169. The van der Waals surface area contributed by atoms with E-state index in [0.717, 1.165) is 6.42 Å². The SMILES string of the molecule is C=C.C=C.C=C.C=C.C=C.C=C.C=C.C=C.C=C.C=C.C=C.C=C.C=C.C=C.C=C.C=C.C=C.CCCCCCCCCCCCCCCCO. The molecule has 0 saturated carbocycles. The molecule has 0 aromatic carbocycles. The van der Waals surface area contributed by atoms with Crippen LogP contribution in [0.25, 0.3) is 0 Å². The van der Waals surface area contributed by atoms with Crippen molar-refractivity contribution in [3.8, 4) is 0 Å². The van der Waals surface area contributed by atoms with Crippen molar-refractivity contribution in [3.05, 3.63) is 224 Å². The number of hydrogen-bond acceptors (Lipinski definition) is 1. The van der Waals surface area contributed by atoms with Gasteiger partial charge in [-0.15, -0.1) is 224 Å². The van der Waals surface area contributed by atoms with E-state index in [1.165, 1.54) is 83.5 Å². The van der Waals surface area contributed by atoms with Gasteiger partial charge in [-0.1, -0.05) is 90.4 Å². The van der Waals surface area contributed by atoms with Gasteiger partial charge >= 0.3 is 0 Å². The second kappa shape index (κ2) is 813. The van der Waals surface area contributed by atoms with Crippen molar-refractivity contribution < 1.29 is 5.11 Å². The first kappa shape index (κ1) is 118. The van der Waals surface area contributed by atoms with E-state index in [0.29, 0.717) is 6.61 Å². The highest BCUT2D eigenvalue weighted by Gasteiger charge is 1.93. The molecule has 1 nitrogen and oxygen atoms in total. The molecule has 308 valence electrons. The molecule has 51 heavy (non-hydrogen) atoms. The van der Waals surface area contributed by atoms with Crippen LogP contribution in [0.1, 0.15) is 96.8 Å². The lowest BCUT2D eigenvalue weighted by atomic mass is 10.0. The molecule has 0 aliphatic heterocycles. The van der Waals surface area contributed by atoms with Gasteiger partial charge in [0.1, 0.15) is 0 Å². The molecule has 0 rings (SSSR count). The van der Waals surface area contributed by atoms with E-state index in [-0.39, 0.29) is 0 Å². The Hall–Kier alpha value is -4.46. The van der Waals surface area contributed by atoms with Crippen molar-refractivity contribution in [1.29, 1.82) is 0 Å². The maximum absolute atomic E-state index is 8.64. The first-order valence-corrected chi connectivity index (χ1v) is 16.5.